The van der Waals surface area contributed by atoms with Crippen LogP contribution < -0.4 is 9.47 Å². The van der Waals surface area contributed by atoms with Gasteiger partial charge in [0.05, 0.1) is 80.1 Å². The number of ketones is 4. The van der Waals surface area contributed by atoms with E-state index in [1.54, 1.807) is 40.2 Å². The fourth-order valence-corrected chi connectivity index (χ4v) is 20.1. The number of carbonyl (C=O) groups excluding carboxylic acids is 4. The van der Waals surface area contributed by atoms with E-state index in [-0.39, 0.29) is 23.1 Å². The fraction of sp³-hybridized carbons (Fsp3) is 0.297. The molecule has 0 saturated heterocycles. The molecule has 4 atom stereocenters. The lowest BCUT2D eigenvalue weighted by Crippen LogP contribution is -2.27. The number of fused-ring (bicyclic) bond motifs is 12. The molecule has 0 aliphatic carbocycles. The van der Waals surface area contributed by atoms with Crippen LogP contribution in [0.2, 0.25) is 10.0 Å². The van der Waals surface area contributed by atoms with Crippen LogP contribution in [-0.2, 0) is 51.0 Å². The lowest BCUT2D eigenvalue weighted by molar-refractivity contribution is -0.139. The first-order valence-corrected chi connectivity index (χ1v) is 48.7. The van der Waals surface area contributed by atoms with Gasteiger partial charge in [-0.15, -0.1) is 10.2 Å². The maximum Gasteiger partial charge on any atom is 0.163 e. The Kier molecular flexibility index (Phi) is 26.5. The normalized spacial score (nSPS) is 13.7. The van der Waals surface area contributed by atoms with Gasteiger partial charge in [-0.25, -0.2) is 15.0 Å². The number of Topliss-reactive ketones (excluding diaryl/α,β-unsaturated/α-hetero) is 4. The molecule has 0 saturated carbocycles. The van der Waals surface area contributed by atoms with Crippen molar-refractivity contribution in [3.63, 3.8) is 0 Å². The Morgan fingerprint density at radius 3 is 1.17 bits per heavy atom. The van der Waals surface area contributed by atoms with Crippen LogP contribution >= 0.6 is 23.2 Å². The monoisotopic (exact) mass is 1920 g/mol. The first kappa shape index (κ1) is 97.5. The summed E-state index contributed by atoms with van der Waals surface area (Å²) in [4.78, 5) is 76.1. The van der Waals surface area contributed by atoms with E-state index in [0.29, 0.717) is 29.2 Å². The average molecular weight is 1920 g/mol. The van der Waals surface area contributed by atoms with Crippen molar-refractivity contribution in [2.45, 2.75) is 218 Å². The number of halogens is 2. The Morgan fingerprint density at radius 2 is 0.759 bits per heavy atom. The Labute approximate surface area is 830 Å². The van der Waals surface area contributed by atoms with Gasteiger partial charge in [-0.3, -0.25) is 46.7 Å². The summed E-state index contributed by atoms with van der Waals surface area (Å²) in [5.74, 6) is 1.89. The molecule has 141 heavy (non-hydrogen) atoms. The summed E-state index contributed by atoms with van der Waals surface area (Å²) in [5, 5.41) is 15.7. The third-order valence-corrected chi connectivity index (χ3v) is 26.3. The molecule has 0 radical (unpaired) electrons. The molecule has 0 spiro atoms. The Hall–Kier alpha value is -13.8. The van der Waals surface area contributed by atoms with E-state index >= 15 is 0 Å². The number of carbonyl (C=O) groups is 4. The molecule has 0 amide bonds. The average Bonchev–Trinajstić information content (AvgIpc) is 1.72. The van der Waals surface area contributed by atoms with Crippen LogP contribution in [0, 0.1) is 27.7 Å². The highest BCUT2D eigenvalue weighted by Crippen LogP contribution is 2.51. The number of ether oxygens (including phenoxy) is 6. The first-order chi connectivity index (χ1) is 67.0. The number of rotatable bonds is 18. The molecule has 19 aromatic rings. The van der Waals surface area contributed by atoms with Gasteiger partial charge in [0, 0.05) is 109 Å². The molecule has 12 heterocycles. The highest BCUT2D eigenvalue weighted by molar-refractivity contribution is 6.31. The van der Waals surface area contributed by atoms with Gasteiger partial charge in [-0.05, 0) is 367 Å². The van der Waals surface area contributed by atoms with Crippen molar-refractivity contribution in [1.82, 2.24) is 52.7 Å². The van der Waals surface area contributed by atoms with Crippen molar-refractivity contribution in [3.8, 4) is 67.3 Å². The third kappa shape index (κ3) is 19.5. The summed E-state index contributed by atoms with van der Waals surface area (Å²) in [5.41, 5.74) is 27.9. The topological polar surface area (TPSA) is 232 Å². The molecule has 0 unspecified atom stereocenters. The standard InChI is InChI=1S/C36H33N3O3.C33H35N3O3.C25H25ClN2O2.C24H24ClN3O2/c1-21-19-28-25(12-14-30-38-27(20-39(28)30)23-9-7-6-8-10-23)33(31(21)35(22(2)40)42-36(3,4)5)26-11-13-29-32-24(16-18-41-29)15-17-37-34(26)32;1-18(2)24-17-36-25-16-19(3)28(32(20(4)37)39-33(5,6)7)30(22(25)9-11-27(36)35-24)23-8-10-26-29-21(13-15-38-26)12-14-34-31(23)29;1-15-14-20-19(10-11-21-27-12-13-28(20)21)23(17-6-8-18(26)9-7-17)22(15)24(16(2)29)30-25(3,4)5;1-14-12-19-18(10-11-20-27-26-13-28(19)20)22(16-6-8-17(25)9-7-16)21(14)23(15(2)29)30-24(3,4)5/h6-15,17,19-20,35H,16,18H2,1-5H3;8-12,14,16-18,32H,13,15H2,1-7H3;6-14,24H,1-5H3;6-13,23H,1-5H3/t35-;32-;24-;23-/m1111/s1. The molecule has 718 valence electrons. The molecular formula is C118H117Cl2N11O10. The molecule has 0 fully saturated rings. The SMILES string of the molecule is CC(=O)[C@@H](OC(C)(C)C)c1c(C)cc2c(ccc3nc(-c4ccccc4)cn32)c1-c1ccc2c3c(ccnc13)CCO2.CC(=O)[C@@H](OC(C)(C)C)c1c(C)cc2c(ccc3nc(C(C)C)cn32)c1-c1ccc2c3c(ccnc13)CCO2.CC(=O)[C@@H](OC(C)(C)C)c1c(C)cc2c(ccc3nccn32)c1-c1ccc(Cl)cc1.CC(=O)[C@@H](OC(C)(C)C)c1c(C)cc2c(ccc3nncn32)c1-c1ccc(Cl)cc1. The predicted octanol–water partition coefficient (Wildman–Crippen LogP) is 28.1. The molecule has 2 aliphatic rings. The predicted molar refractivity (Wildman–Crippen MR) is 565 cm³/mol. The van der Waals surface area contributed by atoms with Gasteiger partial charge in [0.1, 0.15) is 59.2 Å². The van der Waals surface area contributed by atoms with E-state index in [4.69, 9.17) is 71.6 Å². The molecule has 23 heteroatoms. The number of aromatic nitrogens is 11. The number of hydrogen-bond donors (Lipinski definition) is 0. The minimum absolute atomic E-state index is 0.0219. The number of pyridine rings is 6. The number of imidazole rings is 3. The molecule has 0 bridgehead atoms. The van der Waals surface area contributed by atoms with E-state index in [0.717, 1.165) is 218 Å². The summed E-state index contributed by atoms with van der Waals surface area (Å²) in [6.45, 7) is 43.9. The van der Waals surface area contributed by atoms with E-state index in [9.17, 15) is 19.2 Å². The summed E-state index contributed by atoms with van der Waals surface area (Å²) >= 11 is 12.3. The van der Waals surface area contributed by atoms with E-state index in [1.807, 2.05) is 223 Å². The molecule has 21 rings (SSSR count). The van der Waals surface area contributed by atoms with Crippen LogP contribution in [0.1, 0.15) is 216 Å². The van der Waals surface area contributed by atoms with Crippen LogP contribution in [0.4, 0.5) is 0 Å². The molecule has 10 aromatic heterocycles. The molecule has 2 aliphatic heterocycles. The zero-order valence-electron chi connectivity index (χ0n) is 83.9. The van der Waals surface area contributed by atoms with Crippen LogP contribution in [0.25, 0.3) is 144 Å². The van der Waals surface area contributed by atoms with E-state index in [1.165, 1.54) is 11.1 Å². The second-order valence-corrected chi connectivity index (χ2v) is 42.1. The zero-order valence-corrected chi connectivity index (χ0v) is 85.4. The third-order valence-electron chi connectivity index (χ3n) is 25.7. The van der Waals surface area contributed by atoms with Crippen molar-refractivity contribution in [3.05, 3.63) is 303 Å². The summed E-state index contributed by atoms with van der Waals surface area (Å²) in [7, 11) is 0. The fourth-order valence-electron chi connectivity index (χ4n) is 19.9. The van der Waals surface area contributed by atoms with Crippen LogP contribution in [0.3, 0.4) is 0 Å². The van der Waals surface area contributed by atoms with Crippen molar-refractivity contribution in [1.29, 1.82) is 0 Å². The Balaban J connectivity index is 0.000000126. The van der Waals surface area contributed by atoms with Crippen molar-refractivity contribution < 1.29 is 47.6 Å². The van der Waals surface area contributed by atoms with E-state index in [2.05, 4.69) is 153 Å². The number of hydrogen-bond acceptors (Lipinski definition) is 17. The van der Waals surface area contributed by atoms with Gasteiger partial charge >= 0.3 is 0 Å². The van der Waals surface area contributed by atoms with Gasteiger partial charge in [-0.1, -0.05) is 91.6 Å². The molecule has 0 N–H and O–H groups in total. The van der Waals surface area contributed by atoms with Crippen molar-refractivity contribution in [2.24, 2.45) is 0 Å². The van der Waals surface area contributed by atoms with Gasteiger partial charge in [0.2, 0.25) is 0 Å². The second-order valence-electron chi connectivity index (χ2n) is 41.2. The summed E-state index contributed by atoms with van der Waals surface area (Å²) in [6.07, 6.45) is 12.3. The minimum atomic E-state index is -0.746. The highest BCUT2D eigenvalue weighted by Gasteiger charge is 2.37. The molecule has 21 nitrogen and oxygen atoms in total. The lowest BCUT2D eigenvalue weighted by atomic mass is 9.85. The Morgan fingerprint density at radius 1 is 0.383 bits per heavy atom. The van der Waals surface area contributed by atoms with Crippen LogP contribution in [0.5, 0.6) is 11.5 Å². The number of aryl methyl sites for hydroxylation is 4. The Bertz CT molecular complexity index is 7970. The summed E-state index contributed by atoms with van der Waals surface area (Å²) < 4.78 is 45.9. The second kappa shape index (κ2) is 38.3. The van der Waals surface area contributed by atoms with Gasteiger partial charge in [0.25, 0.3) is 0 Å². The maximum absolute atomic E-state index is 13.3. The van der Waals surface area contributed by atoms with Gasteiger partial charge in [-0.2, -0.15) is 0 Å². The van der Waals surface area contributed by atoms with Crippen molar-refractivity contribution in [2.75, 3.05) is 13.2 Å². The quantitative estimate of drug-likeness (QED) is 0.0777. The smallest absolute Gasteiger partial charge is 0.163 e. The van der Waals surface area contributed by atoms with Gasteiger partial charge in [0.15, 0.2) is 28.8 Å². The molecule has 9 aromatic carbocycles. The van der Waals surface area contributed by atoms with Crippen molar-refractivity contribution >= 4 is 134 Å². The zero-order chi connectivity index (χ0) is 100. The number of benzene rings is 9. The summed E-state index contributed by atoms with van der Waals surface area (Å²) in [6, 6.07) is 62.9. The lowest BCUT2D eigenvalue weighted by Gasteiger charge is -2.30. The largest absolute Gasteiger partial charge is 0.493 e. The first-order valence-electron chi connectivity index (χ1n) is 48.0. The maximum atomic E-state index is 13.3. The highest BCUT2D eigenvalue weighted by atomic mass is 35.5. The van der Waals surface area contributed by atoms with E-state index < -0.39 is 46.8 Å². The number of nitrogens with zero attached hydrogens (tertiary/aromatic N) is 11. The minimum Gasteiger partial charge on any atom is -0.493 e. The molecular weight excluding hydrogens is 1800 g/mol. The van der Waals surface area contributed by atoms with Crippen LogP contribution in [-0.4, -0.2) is 111 Å². The van der Waals surface area contributed by atoms with Gasteiger partial charge < -0.3 is 28.4 Å². The van der Waals surface area contributed by atoms with Crippen LogP contribution in [0.15, 0.2) is 232 Å².